The summed E-state index contributed by atoms with van der Waals surface area (Å²) in [5.74, 6) is 1.71. The Morgan fingerprint density at radius 3 is 2.90 bits per heavy atom. The van der Waals surface area contributed by atoms with Crippen molar-refractivity contribution in [3.8, 4) is 11.6 Å². The van der Waals surface area contributed by atoms with Crippen LogP contribution in [0, 0.1) is 0 Å². The highest BCUT2D eigenvalue weighted by Crippen LogP contribution is 2.15. The first kappa shape index (κ1) is 13.2. The molecule has 1 aromatic carbocycles. The third kappa shape index (κ3) is 3.20. The molecule has 0 unspecified atom stereocenters. The fourth-order valence-corrected chi connectivity index (χ4v) is 2.02. The zero-order chi connectivity index (χ0) is 14.5. The van der Waals surface area contributed by atoms with Crippen LogP contribution < -0.4 is 10.1 Å². The summed E-state index contributed by atoms with van der Waals surface area (Å²) in [4.78, 5) is 8.41. The normalized spacial score (nSPS) is 10.3. The number of hydrogen-bond acceptors (Lipinski definition) is 4. The van der Waals surface area contributed by atoms with Crippen molar-refractivity contribution >= 4 is 5.69 Å². The summed E-state index contributed by atoms with van der Waals surface area (Å²) in [6, 6.07) is 11.9. The third-order valence-corrected chi connectivity index (χ3v) is 3.15. The highest BCUT2D eigenvalue weighted by molar-refractivity contribution is 5.44. The van der Waals surface area contributed by atoms with Crippen molar-refractivity contribution in [2.24, 2.45) is 0 Å². The predicted octanol–water partition coefficient (Wildman–Crippen LogP) is 2.89. The molecule has 0 radical (unpaired) electrons. The zero-order valence-electron chi connectivity index (χ0n) is 11.7. The van der Waals surface area contributed by atoms with E-state index in [1.165, 1.54) is 0 Å². The van der Waals surface area contributed by atoms with E-state index in [9.17, 15) is 0 Å². The van der Waals surface area contributed by atoms with Gasteiger partial charge in [-0.3, -0.25) is 4.57 Å². The Kier molecular flexibility index (Phi) is 3.82. The van der Waals surface area contributed by atoms with Gasteiger partial charge in [-0.05, 0) is 29.8 Å². The quantitative estimate of drug-likeness (QED) is 0.780. The Hall–Kier alpha value is -2.82. The van der Waals surface area contributed by atoms with Gasteiger partial charge in [-0.1, -0.05) is 12.1 Å². The maximum atomic E-state index is 5.22. The molecule has 0 aliphatic carbocycles. The van der Waals surface area contributed by atoms with Gasteiger partial charge in [0.25, 0.3) is 0 Å². The van der Waals surface area contributed by atoms with E-state index in [1.54, 1.807) is 19.6 Å². The number of ether oxygens (including phenoxy) is 1. The molecule has 5 heteroatoms. The van der Waals surface area contributed by atoms with Gasteiger partial charge in [0.1, 0.15) is 17.9 Å². The van der Waals surface area contributed by atoms with Crippen LogP contribution in [0.5, 0.6) is 5.75 Å². The van der Waals surface area contributed by atoms with Crippen LogP contribution in [0.25, 0.3) is 5.82 Å². The van der Waals surface area contributed by atoms with E-state index in [-0.39, 0.29) is 0 Å². The zero-order valence-corrected chi connectivity index (χ0v) is 11.7. The number of pyridine rings is 1. The van der Waals surface area contributed by atoms with Crippen LogP contribution in [0.2, 0.25) is 0 Å². The van der Waals surface area contributed by atoms with E-state index in [0.29, 0.717) is 0 Å². The number of rotatable bonds is 5. The van der Waals surface area contributed by atoms with Crippen molar-refractivity contribution in [3.05, 3.63) is 66.9 Å². The van der Waals surface area contributed by atoms with Gasteiger partial charge in [-0.2, -0.15) is 0 Å². The molecule has 0 aliphatic heterocycles. The van der Waals surface area contributed by atoms with E-state index in [4.69, 9.17) is 4.74 Å². The molecule has 0 spiro atoms. The van der Waals surface area contributed by atoms with Gasteiger partial charge in [-0.25, -0.2) is 9.97 Å². The van der Waals surface area contributed by atoms with E-state index < -0.39 is 0 Å². The second-order valence-corrected chi connectivity index (χ2v) is 4.58. The monoisotopic (exact) mass is 280 g/mol. The summed E-state index contributed by atoms with van der Waals surface area (Å²) in [6.45, 7) is 0.725. The first-order valence-electron chi connectivity index (χ1n) is 6.66. The van der Waals surface area contributed by atoms with E-state index >= 15 is 0 Å². The van der Waals surface area contributed by atoms with Crippen molar-refractivity contribution in [1.29, 1.82) is 0 Å². The van der Waals surface area contributed by atoms with Crippen molar-refractivity contribution in [3.63, 3.8) is 0 Å². The Morgan fingerprint density at radius 1 is 1.24 bits per heavy atom. The van der Waals surface area contributed by atoms with Crippen molar-refractivity contribution in [1.82, 2.24) is 14.5 Å². The number of aromatic nitrogens is 3. The summed E-state index contributed by atoms with van der Waals surface area (Å²) < 4.78 is 7.08. The molecule has 3 aromatic rings. The molecular weight excluding hydrogens is 264 g/mol. The molecule has 0 fully saturated rings. The maximum Gasteiger partial charge on any atom is 0.137 e. The summed E-state index contributed by atoms with van der Waals surface area (Å²) in [5, 5.41) is 3.34. The second kappa shape index (κ2) is 6.09. The lowest BCUT2D eigenvalue weighted by Crippen LogP contribution is -2.01. The first-order valence-corrected chi connectivity index (χ1v) is 6.66. The summed E-state index contributed by atoms with van der Waals surface area (Å²) >= 11 is 0. The van der Waals surface area contributed by atoms with Crippen molar-refractivity contribution in [2.45, 2.75) is 6.54 Å². The molecule has 0 saturated heterocycles. The maximum absolute atomic E-state index is 5.22. The lowest BCUT2D eigenvalue weighted by Gasteiger charge is -2.08. The Morgan fingerprint density at radius 2 is 2.19 bits per heavy atom. The van der Waals surface area contributed by atoms with E-state index in [2.05, 4.69) is 21.4 Å². The minimum absolute atomic E-state index is 0.725. The highest BCUT2D eigenvalue weighted by atomic mass is 16.5. The van der Waals surface area contributed by atoms with Gasteiger partial charge < -0.3 is 10.1 Å². The van der Waals surface area contributed by atoms with Crippen LogP contribution in [0.4, 0.5) is 5.69 Å². The van der Waals surface area contributed by atoms with Crippen LogP contribution >= 0.6 is 0 Å². The fourth-order valence-electron chi connectivity index (χ4n) is 2.02. The summed E-state index contributed by atoms with van der Waals surface area (Å²) in [7, 11) is 1.67. The summed E-state index contributed by atoms with van der Waals surface area (Å²) in [5.41, 5.74) is 2.13. The summed E-state index contributed by atoms with van der Waals surface area (Å²) in [6.07, 6.45) is 7.14. The van der Waals surface area contributed by atoms with Crippen molar-refractivity contribution in [2.75, 3.05) is 12.4 Å². The van der Waals surface area contributed by atoms with Crippen LogP contribution in [-0.4, -0.2) is 21.6 Å². The van der Waals surface area contributed by atoms with Gasteiger partial charge in [-0.15, -0.1) is 0 Å². The predicted molar refractivity (Wildman–Crippen MR) is 81.7 cm³/mol. The lowest BCUT2D eigenvalue weighted by molar-refractivity contribution is 0.414. The van der Waals surface area contributed by atoms with Gasteiger partial charge in [0.05, 0.1) is 19.0 Å². The molecule has 1 N–H and O–H groups in total. The van der Waals surface area contributed by atoms with Gasteiger partial charge in [0.2, 0.25) is 0 Å². The van der Waals surface area contributed by atoms with Gasteiger partial charge >= 0.3 is 0 Å². The smallest absolute Gasteiger partial charge is 0.137 e. The van der Waals surface area contributed by atoms with Crippen LogP contribution in [0.1, 0.15) is 5.56 Å². The Labute approximate surface area is 123 Å². The molecule has 0 saturated carbocycles. The molecular formula is C16H16N4O. The molecule has 0 atom stereocenters. The molecule has 2 heterocycles. The second-order valence-electron chi connectivity index (χ2n) is 4.58. The number of imidazole rings is 1. The molecule has 3 rings (SSSR count). The number of hydrogen-bond donors (Lipinski definition) is 1. The number of nitrogens with one attached hydrogen (secondary N) is 1. The van der Waals surface area contributed by atoms with E-state index in [0.717, 1.165) is 29.4 Å². The van der Waals surface area contributed by atoms with Crippen molar-refractivity contribution < 1.29 is 4.74 Å². The highest BCUT2D eigenvalue weighted by Gasteiger charge is 1.99. The standard InChI is InChI=1S/C16H16N4O/c1-21-15-4-2-3-13(9-15)10-18-14-5-6-16(19-11-14)20-8-7-17-12-20/h2-9,11-12,18H,10H2,1H3. The molecule has 0 amide bonds. The minimum atomic E-state index is 0.725. The minimum Gasteiger partial charge on any atom is -0.497 e. The SMILES string of the molecule is COc1cccc(CNc2ccc(-n3ccnc3)nc2)c1. The number of nitrogens with zero attached hydrogens (tertiary/aromatic N) is 3. The average molecular weight is 280 g/mol. The number of benzene rings is 1. The lowest BCUT2D eigenvalue weighted by atomic mass is 10.2. The van der Waals surface area contributed by atoms with E-state index in [1.807, 2.05) is 47.3 Å². The topological polar surface area (TPSA) is 52.0 Å². The molecule has 0 bridgehead atoms. The Bertz CT molecular complexity index is 693. The molecule has 106 valence electrons. The third-order valence-electron chi connectivity index (χ3n) is 3.15. The molecule has 0 aliphatic rings. The molecule has 5 nitrogen and oxygen atoms in total. The fraction of sp³-hybridized carbons (Fsp3) is 0.125. The van der Waals surface area contributed by atoms with Crippen LogP contribution in [-0.2, 0) is 6.54 Å². The van der Waals surface area contributed by atoms with Gasteiger partial charge in [0, 0.05) is 18.9 Å². The number of methoxy groups -OCH3 is 1. The average Bonchev–Trinajstić information content (AvgIpc) is 3.08. The first-order chi connectivity index (χ1) is 10.3. The van der Waals surface area contributed by atoms with Crippen LogP contribution in [0.3, 0.4) is 0 Å². The Balaban J connectivity index is 1.65. The molecule has 21 heavy (non-hydrogen) atoms. The van der Waals surface area contributed by atoms with Gasteiger partial charge in [0.15, 0.2) is 0 Å². The number of anilines is 1. The van der Waals surface area contributed by atoms with Crippen LogP contribution in [0.15, 0.2) is 61.3 Å². The largest absolute Gasteiger partial charge is 0.497 e. The molecule has 2 aromatic heterocycles.